The molecule has 0 aliphatic heterocycles. The third-order valence-electron chi connectivity index (χ3n) is 3.05. The highest BCUT2D eigenvalue weighted by atomic mass is 32.1. The number of nitrogens with one attached hydrogen (secondary N) is 1. The summed E-state index contributed by atoms with van der Waals surface area (Å²) in [5.41, 5.74) is 0.179. The van der Waals surface area contributed by atoms with E-state index in [1.165, 1.54) is 33.1 Å². The summed E-state index contributed by atoms with van der Waals surface area (Å²) in [6.07, 6.45) is 3.54. The van der Waals surface area contributed by atoms with Crippen molar-refractivity contribution in [2.75, 3.05) is 5.32 Å². The second kappa shape index (κ2) is 5.64. The van der Waals surface area contributed by atoms with E-state index in [2.05, 4.69) is 25.6 Å². The molecule has 10 heteroatoms. The molecule has 0 spiro atoms. The highest BCUT2D eigenvalue weighted by Gasteiger charge is 2.12. The van der Waals surface area contributed by atoms with Crippen LogP contribution in [-0.4, -0.2) is 35.4 Å². The number of hydrogen-bond acceptors (Lipinski definition) is 7. The number of anilines is 1. The van der Waals surface area contributed by atoms with Crippen molar-refractivity contribution in [2.24, 2.45) is 7.05 Å². The lowest BCUT2D eigenvalue weighted by Gasteiger charge is -2.04. The topological polar surface area (TPSA) is 108 Å². The number of aromatic nitrogens is 6. The van der Waals surface area contributed by atoms with Crippen molar-refractivity contribution < 1.29 is 4.79 Å². The van der Waals surface area contributed by atoms with Crippen molar-refractivity contribution in [1.29, 1.82) is 0 Å². The van der Waals surface area contributed by atoms with Crippen molar-refractivity contribution in [3.8, 4) is 0 Å². The van der Waals surface area contributed by atoms with Gasteiger partial charge >= 0.3 is 0 Å². The molecule has 1 N–H and O–H groups in total. The highest BCUT2D eigenvalue weighted by Crippen LogP contribution is 2.15. The minimum atomic E-state index is -0.356. The van der Waals surface area contributed by atoms with Gasteiger partial charge < -0.3 is 0 Å². The van der Waals surface area contributed by atoms with Gasteiger partial charge in [-0.25, -0.2) is 4.98 Å². The number of carbonyl (C=O) groups excluding carboxylic acids is 1. The number of fused-ring (bicyclic) bond motifs is 1. The van der Waals surface area contributed by atoms with Gasteiger partial charge in [0.2, 0.25) is 11.0 Å². The molecule has 114 valence electrons. The van der Waals surface area contributed by atoms with Crippen LogP contribution in [0.4, 0.5) is 5.13 Å². The Balaban J connectivity index is 1.79. The van der Waals surface area contributed by atoms with Gasteiger partial charge in [-0.3, -0.25) is 24.2 Å². The van der Waals surface area contributed by atoms with Gasteiger partial charge in [-0.15, -0.1) is 10.2 Å². The lowest BCUT2D eigenvalue weighted by Crippen LogP contribution is -2.27. The molecule has 3 aromatic rings. The Morgan fingerprint density at radius 2 is 2.23 bits per heavy atom. The third kappa shape index (κ3) is 2.60. The Labute approximate surface area is 128 Å². The second-order valence-electron chi connectivity index (χ2n) is 4.59. The van der Waals surface area contributed by atoms with Crippen LogP contribution in [0.3, 0.4) is 0 Å². The molecule has 0 fully saturated rings. The molecule has 3 rings (SSSR count). The highest BCUT2D eigenvalue weighted by molar-refractivity contribution is 7.15. The first kappa shape index (κ1) is 14.3. The number of hydrogen-bond donors (Lipinski definition) is 1. The normalized spacial score (nSPS) is 11.0. The molecule has 0 bridgehead atoms. The number of nitrogens with zero attached hydrogens (tertiary/aromatic N) is 6. The zero-order valence-electron chi connectivity index (χ0n) is 12.0. The molecule has 0 atom stereocenters. The fourth-order valence-corrected chi connectivity index (χ4v) is 2.64. The van der Waals surface area contributed by atoms with E-state index >= 15 is 0 Å². The van der Waals surface area contributed by atoms with E-state index < -0.39 is 0 Å². The van der Waals surface area contributed by atoms with Crippen LogP contribution in [0.2, 0.25) is 0 Å². The summed E-state index contributed by atoms with van der Waals surface area (Å²) in [5, 5.41) is 16.0. The van der Waals surface area contributed by atoms with Crippen molar-refractivity contribution in [3.05, 3.63) is 27.9 Å². The van der Waals surface area contributed by atoms with Gasteiger partial charge in [0.25, 0.3) is 5.56 Å². The maximum atomic E-state index is 12.2. The summed E-state index contributed by atoms with van der Waals surface area (Å²) in [5.74, 6) is -0.356. The predicted octanol–water partition coefficient (Wildman–Crippen LogP) is 0.183. The van der Waals surface area contributed by atoms with Crippen LogP contribution in [0.25, 0.3) is 11.0 Å². The molecule has 0 radical (unpaired) electrons. The first-order valence-electron chi connectivity index (χ1n) is 6.58. The largest absolute Gasteiger partial charge is 0.299 e. The van der Waals surface area contributed by atoms with Crippen LogP contribution in [0.1, 0.15) is 11.9 Å². The summed E-state index contributed by atoms with van der Waals surface area (Å²) in [4.78, 5) is 28.4. The number of amides is 1. The Kier molecular flexibility index (Phi) is 3.67. The van der Waals surface area contributed by atoms with Crippen LogP contribution in [0, 0.1) is 0 Å². The minimum Gasteiger partial charge on any atom is -0.299 e. The van der Waals surface area contributed by atoms with Crippen molar-refractivity contribution >= 4 is 33.4 Å². The van der Waals surface area contributed by atoms with Gasteiger partial charge in [-0.2, -0.15) is 5.10 Å². The van der Waals surface area contributed by atoms with Gasteiger partial charge in [0.1, 0.15) is 23.3 Å². The number of aryl methyl sites for hydroxylation is 2. The summed E-state index contributed by atoms with van der Waals surface area (Å²) in [7, 11) is 1.70. The molecule has 0 unspecified atom stereocenters. The van der Waals surface area contributed by atoms with Crippen molar-refractivity contribution in [3.63, 3.8) is 0 Å². The van der Waals surface area contributed by atoms with Gasteiger partial charge in [0.15, 0.2) is 5.65 Å². The SMILES string of the molecule is CCc1nnc(NC(=O)Cn2cnc3c(cnn3C)c2=O)s1. The van der Waals surface area contributed by atoms with E-state index in [0.717, 1.165) is 11.4 Å². The van der Waals surface area contributed by atoms with Crippen LogP contribution >= 0.6 is 11.3 Å². The molecule has 0 aliphatic rings. The smallest absolute Gasteiger partial charge is 0.264 e. The van der Waals surface area contributed by atoms with E-state index in [1.807, 2.05) is 6.92 Å². The van der Waals surface area contributed by atoms with Crippen LogP contribution in [0.5, 0.6) is 0 Å². The van der Waals surface area contributed by atoms with Crippen molar-refractivity contribution in [2.45, 2.75) is 19.9 Å². The molecular weight excluding hydrogens is 306 g/mol. The van der Waals surface area contributed by atoms with Gasteiger partial charge in [-0.05, 0) is 6.42 Å². The summed E-state index contributed by atoms with van der Waals surface area (Å²) >= 11 is 1.31. The average molecular weight is 319 g/mol. The Morgan fingerprint density at radius 3 is 2.95 bits per heavy atom. The van der Waals surface area contributed by atoms with Gasteiger partial charge in [0.05, 0.1) is 6.20 Å². The maximum Gasteiger partial charge on any atom is 0.264 e. The summed E-state index contributed by atoms with van der Waals surface area (Å²) < 4.78 is 2.75. The Hall–Kier alpha value is -2.62. The molecule has 3 aromatic heterocycles. The Morgan fingerprint density at radius 1 is 1.41 bits per heavy atom. The predicted molar refractivity (Wildman–Crippen MR) is 80.7 cm³/mol. The lowest BCUT2D eigenvalue weighted by molar-refractivity contribution is -0.116. The van der Waals surface area contributed by atoms with E-state index in [4.69, 9.17) is 0 Å². The molecule has 3 heterocycles. The zero-order chi connectivity index (χ0) is 15.7. The molecule has 0 saturated carbocycles. The molecule has 22 heavy (non-hydrogen) atoms. The zero-order valence-corrected chi connectivity index (χ0v) is 12.8. The summed E-state index contributed by atoms with van der Waals surface area (Å²) in [6, 6.07) is 0. The maximum absolute atomic E-state index is 12.2. The van der Waals surface area contributed by atoms with Crippen LogP contribution < -0.4 is 10.9 Å². The van der Waals surface area contributed by atoms with E-state index in [0.29, 0.717) is 16.2 Å². The number of rotatable bonds is 4. The van der Waals surface area contributed by atoms with Crippen LogP contribution in [-0.2, 0) is 24.8 Å². The fourth-order valence-electron chi connectivity index (χ4n) is 1.94. The van der Waals surface area contributed by atoms with E-state index in [1.54, 1.807) is 7.05 Å². The van der Waals surface area contributed by atoms with Gasteiger partial charge in [0, 0.05) is 7.05 Å². The van der Waals surface area contributed by atoms with Gasteiger partial charge in [-0.1, -0.05) is 18.3 Å². The molecule has 0 aliphatic carbocycles. The van der Waals surface area contributed by atoms with Crippen LogP contribution in [0.15, 0.2) is 17.3 Å². The molecule has 0 aromatic carbocycles. The van der Waals surface area contributed by atoms with E-state index in [-0.39, 0.29) is 18.0 Å². The average Bonchev–Trinajstić information content (AvgIpc) is 3.09. The monoisotopic (exact) mass is 319 g/mol. The third-order valence-corrected chi connectivity index (χ3v) is 4.03. The standard InChI is InChI=1S/C12H13N7O2S/c1-3-9-16-17-12(22-9)15-8(20)5-19-6-13-10-7(11(19)21)4-14-18(10)2/h4,6H,3,5H2,1-2H3,(H,15,17,20). The summed E-state index contributed by atoms with van der Waals surface area (Å²) in [6.45, 7) is 1.82. The molecule has 1 amide bonds. The molecular formula is C12H13N7O2S. The fraction of sp³-hybridized carbons (Fsp3) is 0.333. The first-order valence-corrected chi connectivity index (χ1v) is 7.39. The van der Waals surface area contributed by atoms with E-state index in [9.17, 15) is 9.59 Å². The number of carbonyl (C=O) groups is 1. The molecule has 0 saturated heterocycles. The minimum absolute atomic E-state index is 0.141. The first-order chi connectivity index (χ1) is 10.6. The lowest BCUT2D eigenvalue weighted by atomic mass is 10.4. The quantitative estimate of drug-likeness (QED) is 0.735. The molecule has 9 nitrogen and oxygen atoms in total. The Bertz CT molecular complexity index is 894. The second-order valence-corrected chi connectivity index (χ2v) is 5.65. The van der Waals surface area contributed by atoms with Crippen molar-refractivity contribution in [1.82, 2.24) is 29.5 Å².